The third kappa shape index (κ3) is 3.73. The summed E-state index contributed by atoms with van der Waals surface area (Å²) in [5.41, 5.74) is 0. The minimum Gasteiger partial charge on any atom is -0.462 e. The summed E-state index contributed by atoms with van der Waals surface area (Å²) in [6.07, 6.45) is 11.1. The summed E-state index contributed by atoms with van der Waals surface area (Å²) < 4.78 is 5.47. The van der Waals surface area contributed by atoms with Crippen molar-refractivity contribution >= 4 is 5.97 Å². The number of ether oxygens (including phenoxy) is 1. The molecule has 1 aliphatic carbocycles. The molecule has 2 unspecified atom stereocenters. The lowest BCUT2D eigenvalue weighted by Gasteiger charge is -2.30. The van der Waals surface area contributed by atoms with E-state index in [1.165, 1.54) is 32.1 Å². The van der Waals surface area contributed by atoms with Gasteiger partial charge in [0.1, 0.15) is 6.10 Å². The Hall–Kier alpha value is -0.530. The standard InChI is InChI=1S/C16H28O2/c1-3-15-11-10-14(16(17)18-15)9-8-13-6-4-12(2)5-7-13/h12-15H,3-11H2,1-2H3. The summed E-state index contributed by atoms with van der Waals surface area (Å²) in [6.45, 7) is 4.46. The lowest BCUT2D eigenvalue weighted by atomic mass is 9.79. The summed E-state index contributed by atoms with van der Waals surface area (Å²) >= 11 is 0. The van der Waals surface area contributed by atoms with Gasteiger partial charge in [-0.2, -0.15) is 0 Å². The van der Waals surface area contributed by atoms with Crippen LogP contribution in [0.1, 0.15) is 71.6 Å². The largest absolute Gasteiger partial charge is 0.462 e. The minimum absolute atomic E-state index is 0.0808. The molecule has 2 fully saturated rings. The Morgan fingerprint density at radius 3 is 2.39 bits per heavy atom. The fourth-order valence-electron chi connectivity index (χ4n) is 3.43. The fraction of sp³-hybridized carbons (Fsp3) is 0.938. The van der Waals surface area contributed by atoms with E-state index in [4.69, 9.17) is 4.74 Å². The number of rotatable bonds is 4. The molecule has 0 amide bonds. The topological polar surface area (TPSA) is 26.3 Å². The molecule has 0 N–H and O–H groups in total. The molecular formula is C16H28O2. The second-order valence-electron chi connectivity index (χ2n) is 6.44. The second-order valence-corrected chi connectivity index (χ2v) is 6.44. The van der Waals surface area contributed by atoms with Crippen molar-refractivity contribution in [2.45, 2.75) is 77.7 Å². The number of cyclic esters (lactones) is 1. The SMILES string of the molecule is CCC1CCC(CCC2CCC(C)CC2)C(=O)O1. The molecule has 0 radical (unpaired) electrons. The summed E-state index contributed by atoms with van der Waals surface area (Å²) in [6, 6.07) is 0. The van der Waals surface area contributed by atoms with Crippen molar-refractivity contribution in [1.82, 2.24) is 0 Å². The smallest absolute Gasteiger partial charge is 0.309 e. The van der Waals surface area contributed by atoms with Crippen LogP contribution in [0.5, 0.6) is 0 Å². The number of esters is 1. The molecule has 0 aromatic carbocycles. The summed E-state index contributed by atoms with van der Waals surface area (Å²) in [5, 5.41) is 0. The molecule has 2 rings (SSSR count). The zero-order valence-corrected chi connectivity index (χ0v) is 12.0. The lowest BCUT2D eigenvalue weighted by molar-refractivity contribution is -0.160. The summed E-state index contributed by atoms with van der Waals surface area (Å²) in [4.78, 5) is 11.9. The van der Waals surface area contributed by atoms with E-state index in [-0.39, 0.29) is 18.0 Å². The van der Waals surface area contributed by atoms with Gasteiger partial charge in [-0.3, -0.25) is 4.79 Å². The van der Waals surface area contributed by atoms with Gasteiger partial charge in [0.25, 0.3) is 0 Å². The van der Waals surface area contributed by atoms with Crippen LogP contribution in [0.25, 0.3) is 0 Å². The predicted molar refractivity (Wildman–Crippen MR) is 73.3 cm³/mol. The highest BCUT2D eigenvalue weighted by Gasteiger charge is 2.29. The second kappa shape index (κ2) is 6.58. The third-order valence-electron chi connectivity index (χ3n) is 4.97. The van der Waals surface area contributed by atoms with E-state index < -0.39 is 0 Å². The van der Waals surface area contributed by atoms with Crippen LogP contribution < -0.4 is 0 Å². The Balaban J connectivity index is 1.69. The first-order chi connectivity index (χ1) is 8.69. The quantitative estimate of drug-likeness (QED) is 0.696. The molecule has 1 heterocycles. The van der Waals surface area contributed by atoms with Crippen LogP contribution in [0.2, 0.25) is 0 Å². The lowest BCUT2D eigenvalue weighted by Crippen LogP contribution is -2.31. The molecule has 0 aromatic rings. The maximum atomic E-state index is 11.9. The van der Waals surface area contributed by atoms with Crippen molar-refractivity contribution in [3.8, 4) is 0 Å². The van der Waals surface area contributed by atoms with Crippen LogP contribution in [0, 0.1) is 17.8 Å². The molecule has 18 heavy (non-hydrogen) atoms. The van der Waals surface area contributed by atoms with E-state index in [2.05, 4.69) is 13.8 Å². The van der Waals surface area contributed by atoms with E-state index >= 15 is 0 Å². The zero-order valence-electron chi connectivity index (χ0n) is 12.0. The van der Waals surface area contributed by atoms with Crippen molar-refractivity contribution in [2.24, 2.45) is 17.8 Å². The molecule has 2 heteroatoms. The van der Waals surface area contributed by atoms with Gasteiger partial charge in [0.15, 0.2) is 0 Å². The Labute approximate surface area is 111 Å². The monoisotopic (exact) mass is 252 g/mol. The van der Waals surface area contributed by atoms with Gasteiger partial charge < -0.3 is 4.74 Å². The van der Waals surface area contributed by atoms with Gasteiger partial charge in [-0.15, -0.1) is 0 Å². The number of carbonyl (C=O) groups excluding carboxylic acids is 1. The Bertz CT molecular complexity index is 266. The van der Waals surface area contributed by atoms with E-state index in [1.807, 2.05) is 0 Å². The minimum atomic E-state index is 0.0808. The number of hydrogen-bond acceptors (Lipinski definition) is 2. The highest BCUT2D eigenvalue weighted by atomic mass is 16.5. The molecule has 0 spiro atoms. The first kappa shape index (κ1) is 13.9. The van der Waals surface area contributed by atoms with E-state index in [0.29, 0.717) is 0 Å². The van der Waals surface area contributed by atoms with Crippen LogP contribution in [-0.4, -0.2) is 12.1 Å². The van der Waals surface area contributed by atoms with E-state index in [9.17, 15) is 4.79 Å². The Morgan fingerprint density at radius 1 is 1.06 bits per heavy atom. The first-order valence-corrected chi connectivity index (χ1v) is 7.89. The average Bonchev–Trinajstić information content (AvgIpc) is 2.39. The molecule has 1 aliphatic heterocycles. The summed E-state index contributed by atoms with van der Waals surface area (Å²) in [7, 11) is 0. The molecule has 2 nitrogen and oxygen atoms in total. The maximum Gasteiger partial charge on any atom is 0.309 e. The molecular weight excluding hydrogens is 224 g/mol. The van der Waals surface area contributed by atoms with Gasteiger partial charge in [0.05, 0.1) is 5.92 Å². The molecule has 1 saturated heterocycles. The first-order valence-electron chi connectivity index (χ1n) is 7.89. The number of hydrogen-bond donors (Lipinski definition) is 0. The van der Waals surface area contributed by atoms with Gasteiger partial charge in [0.2, 0.25) is 0 Å². The van der Waals surface area contributed by atoms with E-state index in [0.717, 1.165) is 37.5 Å². The van der Waals surface area contributed by atoms with Gasteiger partial charge in [-0.25, -0.2) is 0 Å². The van der Waals surface area contributed by atoms with E-state index in [1.54, 1.807) is 0 Å². The average molecular weight is 252 g/mol. The molecule has 2 aliphatic rings. The maximum absolute atomic E-state index is 11.9. The third-order valence-corrected chi connectivity index (χ3v) is 4.97. The Morgan fingerprint density at radius 2 is 1.78 bits per heavy atom. The van der Waals surface area contributed by atoms with Gasteiger partial charge in [-0.05, 0) is 43.9 Å². The Kier molecular flexibility index (Phi) is 5.08. The highest BCUT2D eigenvalue weighted by molar-refractivity contribution is 5.73. The van der Waals surface area contributed by atoms with Crippen LogP contribution in [0.4, 0.5) is 0 Å². The van der Waals surface area contributed by atoms with Gasteiger partial charge in [-0.1, -0.05) is 39.5 Å². The van der Waals surface area contributed by atoms with Crippen LogP contribution >= 0.6 is 0 Å². The molecule has 104 valence electrons. The highest BCUT2D eigenvalue weighted by Crippen LogP contribution is 2.34. The van der Waals surface area contributed by atoms with Gasteiger partial charge in [0, 0.05) is 0 Å². The molecule has 0 bridgehead atoms. The zero-order chi connectivity index (χ0) is 13.0. The summed E-state index contributed by atoms with van der Waals surface area (Å²) in [5.74, 6) is 2.08. The van der Waals surface area contributed by atoms with Crippen LogP contribution in [0.15, 0.2) is 0 Å². The van der Waals surface area contributed by atoms with Crippen molar-refractivity contribution in [3.63, 3.8) is 0 Å². The van der Waals surface area contributed by atoms with Crippen molar-refractivity contribution < 1.29 is 9.53 Å². The van der Waals surface area contributed by atoms with Gasteiger partial charge >= 0.3 is 5.97 Å². The molecule has 1 saturated carbocycles. The van der Waals surface area contributed by atoms with Crippen LogP contribution in [0.3, 0.4) is 0 Å². The van der Waals surface area contributed by atoms with Crippen molar-refractivity contribution in [3.05, 3.63) is 0 Å². The molecule has 2 atom stereocenters. The predicted octanol–water partition coefficient (Wildman–Crippen LogP) is 4.32. The fourth-order valence-corrected chi connectivity index (χ4v) is 3.43. The van der Waals surface area contributed by atoms with Crippen LogP contribution in [-0.2, 0) is 9.53 Å². The normalized spacial score (nSPS) is 37.3. The molecule has 0 aromatic heterocycles. The number of carbonyl (C=O) groups is 1. The van der Waals surface area contributed by atoms with Crippen molar-refractivity contribution in [2.75, 3.05) is 0 Å². The van der Waals surface area contributed by atoms with Crippen molar-refractivity contribution in [1.29, 1.82) is 0 Å².